The third-order valence-electron chi connectivity index (χ3n) is 6.34. The summed E-state index contributed by atoms with van der Waals surface area (Å²) in [6.07, 6.45) is 7.10. The Morgan fingerprint density at radius 1 is 1.16 bits per heavy atom. The number of nitrogens with zero attached hydrogens (tertiary/aromatic N) is 2. The molecule has 0 unspecified atom stereocenters. The highest BCUT2D eigenvalue weighted by atomic mass is 32.1. The Morgan fingerprint density at radius 2 is 2.04 bits per heavy atom. The van der Waals surface area contributed by atoms with Gasteiger partial charge in [0, 0.05) is 18.0 Å². The fraction of sp³-hybridized carbons (Fsp3) is 0.667. The number of halogens is 1. The maximum absolute atomic E-state index is 15.2. The molecule has 2 aromatic heterocycles. The van der Waals surface area contributed by atoms with Crippen molar-refractivity contribution in [1.82, 2.24) is 20.6 Å². The molecule has 1 saturated carbocycles. The Labute approximate surface area is 150 Å². The Morgan fingerprint density at radius 3 is 2.96 bits per heavy atom. The summed E-state index contributed by atoms with van der Waals surface area (Å²) in [6, 6.07) is 0. The summed E-state index contributed by atoms with van der Waals surface area (Å²) in [4.78, 5) is 11.7. The molecule has 0 aromatic carbocycles. The smallest absolute Gasteiger partial charge is 0.146 e. The molecule has 2 aromatic rings. The highest BCUT2D eigenvalue weighted by Gasteiger charge is 2.58. The number of hydrogen-bond acceptors (Lipinski definition) is 6. The Bertz CT molecular complexity index is 822. The normalized spacial score (nSPS) is 31.4. The van der Waals surface area contributed by atoms with E-state index in [0.29, 0.717) is 37.7 Å². The van der Waals surface area contributed by atoms with Gasteiger partial charge in [-0.2, -0.15) is 0 Å². The van der Waals surface area contributed by atoms with E-state index in [9.17, 15) is 0 Å². The first-order valence-electron chi connectivity index (χ1n) is 9.32. The highest BCUT2D eigenvalue weighted by Crippen LogP contribution is 2.45. The zero-order valence-electron chi connectivity index (χ0n) is 14.3. The molecule has 134 valence electrons. The van der Waals surface area contributed by atoms with Crippen LogP contribution >= 0.6 is 11.3 Å². The molecule has 1 saturated heterocycles. The van der Waals surface area contributed by atoms with Gasteiger partial charge in [-0.15, -0.1) is 11.3 Å². The van der Waals surface area contributed by atoms with E-state index in [2.05, 4.69) is 15.6 Å². The van der Waals surface area contributed by atoms with Gasteiger partial charge in [-0.25, -0.2) is 14.4 Å². The Hall–Kier alpha value is -1.31. The van der Waals surface area contributed by atoms with Crippen LogP contribution in [0.5, 0.6) is 0 Å². The number of aryl methyl sites for hydroxylation is 2. The minimum Gasteiger partial charge on any atom is -0.383 e. The van der Waals surface area contributed by atoms with Gasteiger partial charge in [0.15, 0.2) is 0 Å². The monoisotopic (exact) mass is 361 g/mol. The average molecular weight is 361 g/mol. The summed E-state index contributed by atoms with van der Waals surface area (Å²) in [6.45, 7) is 1.59. The number of nitrogens with two attached hydrogens (primary N) is 1. The number of hydrogen-bond donors (Lipinski definition) is 3. The van der Waals surface area contributed by atoms with E-state index >= 15 is 4.39 Å². The van der Waals surface area contributed by atoms with Crippen molar-refractivity contribution in [1.29, 1.82) is 0 Å². The van der Waals surface area contributed by atoms with Gasteiger partial charge in [0.25, 0.3) is 0 Å². The van der Waals surface area contributed by atoms with Crippen molar-refractivity contribution in [3.05, 3.63) is 16.3 Å². The van der Waals surface area contributed by atoms with Gasteiger partial charge in [0.05, 0.1) is 17.5 Å². The van der Waals surface area contributed by atoms with Gasteiger partial charge >= 0.3 is 0 Å². The summed E-state index contributed by atoms with van der Waals surface area (Å²) in [7, 11) is 0. The summed E-state index contributed by atoms with van der Waals surface area (Å²) in [5.41, 5.74) is 6.02. The Balaban J connectivity index is 1.44. The standard InChI is InChI=1S/C18H24FN5S/c19-17-6-3-7-18(17,10-21-9-17)22-8-13-23-15(20)14-11-4-1-2-5-12(11)25-16(14)24-13/h21-22H,1-10H2,(H2,20,23,24)/t17-,18+/m1/s1. The molecule has 0 radical (unpaired) electrons. The van der Waals surface area contributed by atoms with E-state index in [1.807, 2.05) is 0 Å². The molecule has 2 atom stereocenters. The van der Waals surface area contributed by atoms with E-state index in [0.717, 1.165) is 35.9 Å². The van der Waals surface area contributed by atoms with Crippen molar-refractivity contribution in [2.24, 2.45) is 0 Å². The summed E-state index contributed by atoms with van der Waals surface area (Å²) < 4.78 is 15.2. The highest BCUT2D eigenvalue weighted by molar-refractivity contribution is 7.19. The lowest BCUT2D eigenvalue weighted by atomic mass is 9.87. The van der Waals surface area contributed by atoms with Gasteiger partial charge in [-0.05, 0) is 50.5 Å². The topological polar surface area (TPSA) is 75.9 Å². The Kier molecular flexibility index (Phi) is 3.56. The molecule has 3 aliphatic rings. The third-order valence-corrected chi connectivity index (χ3v) is 7.53. The minimum absolute atomic E-state index is 0.444. The number of anilines is 1. The van der Waals surface area contributed by atoms with E-state index < -0.39 is 11.2 Å². The molecule has 5 rings (SSSR count). The molecule has 2 fully saturated rings. The lowest BCUT2D eigenvalue weighted by molar-refractivity contribution is 0.103. The summed E-state index contributed by atoms with van der Waals surface area (Å²) in [5.74, 6) is 1.26. The van der Waals surface area contributed by atoms with Crippen LogP contribution in [0, 0.1) is 0 Å². The predicted octanol–water partition coefficient (Wildman–Crippen LogP) is 2.48. The van der Waals surface area contributed by atoms with Crippen LogP contribution < -0.4 is 16.4 Å². The number of thiophene rings is 1. The molecule has 2 aliphatic carbocycles. The van der Waals surface area contributed by atoms with Crippen LogP contribution in [0.1, 0.15) is 48.4 Å². The quantitative estimate of drug-likeness (QED) is 0.783. The lowest BCUT2D eigenvalue weighted by Gasteiger charge is -2.34. The van der Waals surface area contributed by atoms with Crippen LogP contribution in [0.25, 0.3) is 10.2 Å². The molecule has 0 amide bonds. The van der Waals surface area contributed by atoms with Crippen LogP contribution in [-0.2, 0) is 19.4 Å². The van der Waals surface area contributed by atoms with E-state index in [1.165, 1.54) is 23.3 Å². The first-order chi connectivity index (χ1) is 12.1. The van der Waals surface area contributed by atoms with Gasteiger partial charge in [-0.1, -0.05) is 0 Å². The molecule has 4 N–H and O–H groups in total. The zero-order valence-corrected chi connectivity index (χ0v) is 15.1. The van der Waals surface area contributed by atoms with Crippen LogP contribution in [0.4, 0.5) is 10.2 Å². The number of rotatable bonds is 3. The fourth-order valence-corrected chi connectivity index (χ4v) is 6.27. The van der Waals surface area contributed by atoms with Crippen molar-refractivity contribution >= 4 is 27.4 Å². The van der Waals surface area contributed by atoms with Gasteiger partial charge in [0.1, 0.15) is 22.1 Å². The van der Waals surface area contributed by atoms with Gasteiger partial charge in [-0.3, -0.25) is 0 Å². The number of nitrogen functional groups attached to an aromatic ring is 1. The number of fused-ring (bicyclic) bond motifs is 4. The van der Waals surface area contributed by atoms with E-state index in [-0.39, 0.29) is 0 Å². The molecular weight excluding hydrogens is 337 g/mol. The van der Waals surface area contributed by atoms with Crippen LogP contribution in [-0.4, -0.2) is 34.3 Å². The van der Waals surface area contributed by atoms with Gasteiger partial charge < -0.3 is 16.4 Å². The lowest BCUT2D eigenvalue weighted by Crippen LogP contribution is -2.56. The molecule has 0 spiro atoms. The molecule has 3 heterocycles. The van der Waals surface area contributed by atoms with Crippen LogP contribution in [0.2, 0.25) is 0 Å². The molecular formula is C18H24FN5S. The molecule has 5 nitrogen and oxygen atoms in total. The number of nitrogens with one attached hydrogen (secondary N) is 2. The van der Waals surface area contributed by atoms with E-state index in [1.54, 1.807) is 11.3 Å². The maximum atomic E-state index is 15.2. The molecule has 1 aliphatic heterocycles. The summed E-state index contributed by atoms with van der Waals surface area (Å²) >= 11 is 1.76. The predicted molar refractivity (Wildman–Crippen MR) is 98.6 cm³/mol. The zero-order chi connectivity index (χ0) is 17.1. The minimum atomic E-state index is -1.15. The second-order valence-corrected chi connectivity index (χ2v) is 8.86. The largest absolute Gasteiger partial charge is 0.383 e. The van der Waals surface area contributed by atoms with Crippen LogP contribution in [0.3, 0.4) is 0 Å². The average Bonchev–Trinajstić information content (AvgIpc) is 3.20. The SMILES string of the molecule is Nc1nc(CN[C@]23CCC[C@@]2(F)CNC3)nc2sc3c(c12)CCCC3. The second-order valence-electron chi connectivity index (χ2n) is 7.77. The van der Waals surface area contributed by atoms with Crippen molar-refractivity contribution in [2.75, 3.05) is 18.8 Å². The maximum Gasteiger partial charge on any atom is 0.146 e. The van der Waals surface area contributed by atoms with Crippen molar-refractivity contribution < 1.29 is 4.39 Å². The molecule has 7 heteroatoms. The number of aromatic nitrogens is 2. The second kappa shape index (κ2) is 5.59. The number of alkyl halides is 1. The molecule has 0 bridgehead atoms. The van der Waals surface area contributed by atoms with Crippen molar-refractivity contribution in [2.45, 2.75) is 62.7 Å². The first kappa shape index (κ1) is 15.9. The van der Waals surface area contributed by atoms with Gasteiger partial charge in [0.2, 0.25) is 0 Å². The van der Waals surface area contributed by atoms with Crippen molar-refractivity contribution in [3.63, 3.8) is 0 Å². The summed E-state index contributed by atoms with van der Waals surface area (Å²) in [5, 5.41) is 7.73. The fourth-order valence-electron chi connectivity index (χ4n) is 4.98. The van der Waals surface area contributed by atoms with E-state index in [4.69, 9.17) is 10.7 Å². The third kappa shape index (κ3) is 2.32. The van der Waals surface area contributed by atoms with Crippen LogP contribution in [0.15, 0.2) is 0 Å². The first-order valence-corrected chi connectivity index (χ1v) is 10.1. The van der Waals surface area contributed by atoms with Crippen molar-refractivity contribution in [3.8, 4) is 0 Å². The molecule has 25 heavy (non-hydrogen) atoms.